The highest BCUT2D eigenvalue weighted by atomic mass is 35.7. The van der Waals surface area contributed by atoms with Gasteiger partial charge in [0.05, 0.1) is 14.8 Å². The first kappa shape index (κ1) is 12.5. The molecule has 0 heterocycles. The van der Waals surface area contributed by atoms with Crippen LogP contribution in [0.3, 0.4) is 0 Å². The molecule has 0 bridgehead atoms. The molecule has 0 radical (unpaired) electrons. The molecular formula is C6H2Cl3NO4S. The zero-order valence-electron chi connectivity index (χ0n) is 6.78. The second-order valence-corrected chi connectivity index (χ2v) is 5.78. The van der Waals surface area contributed by atoms with Gasteiger partial charge in [0.25, 0.3) is 14.7 Å². The normalized spacial score (nSPS) is 11.4. The van der Waals surface area contributed by atoms with Gasteiger partial charge in [0.1, 0.15) is 5.02 Å². The zero-order chi connectivity index (χ0) is 11.8. The van der Waals surface area contributed by atoms with Gasteiger partial charge in [-0.25, -0.2) is 8.42 Å². The molecule has 0 aliphatic heterocycles. The third-order valence-electron chi connectivity index (χ3n) is 1.46. The standard InChI is InChI=1S/C6H2Cl3NO4S/c7-4-1-3(15(9,13)14)2-5(6(4)8)10(11)12/h1-2H. The van der Waals surface area contributed by atoms with Crippen LogP contribution in [0.4, 0.5) is 5.69 Å². The monoisotopic (exact) mass is 289 g/mol. The Morgan fingerprint density at radius 3 is 2.20 bits per heavy atom. The van der Waals surface area contributed by atoms with Crippen molar-refractivity contribution in [2.75, 3.05) is 0 Å². The molecule has 0 fully saturated rings. The fourth-order valence-electron chi connectivity index (χ4n) is 0.824. The molecule has 0 unspecified atom stereocenters. The highest BCUT2D eigenvalue weighted by Crippen LogP contribution is 2.35. The van der Waals surface area contributed by atoms with E-state index in [1.807, 2.05) is 0 Å². The van der Waals surface area contributed by atoms with E-state index < -0.39 is 24.6 Å². The van der Waals surface area contributed by atoms with Gasteiger partial charge in [-0.15, -0.1) is 0 Å². The van der Waals surface area contributed by atoms with Crippen molar-refractivity contribution in [1.82, 2.24) is 0 Å². The summed E-state index contributed by atoms with van der Waals surface area (Å²) in [5, 5.41) is 9.90. The largest absolute Gasteiger partial charge is 0.290 e. The van der Waals surface area contributed by atoms with Crippen LogP contribution < -0.4 is 0 Å². The van der Waals surface area contributed by atoms with E-state index in [9.17, 15) is 18.5 Å². The number of hydrogen-bond acceptors (Lipinski definition) is 4. The van der Waals surface area contributed by atoms with E-state index in [-0.39, 0.29) is 10.0 Å². The van der Waals surface area contributed by atoms with Crippen LogP contribution in [0.5, 0.6) is 0 Å². The number of hydrogen-bond donors (Lipinski definition) is 0. The van der Waals surface area contributed by atoms with Gasteiger partial charge in [-0.1, -0.05) is 23.2 Å². The quantitative estimate of drug-likeness (QED) is 0.477. The van der Waals surface area contributed by atoms with E-state index in [0.29, 0.717) is 0 Å². The number of nitrogens with zero attached hydrogens (tertiary/aromatic N) is 1. The number of halogens is 3. The Labute approximate surface area is 99.1 Å². The van der Waals surface area contributed by atoms with Gasteiger partial charge in [-0.3, -0.25) is 10.1 Å². The Hall–Kier alpha value is -0.560. The van der Waals surface area contributed by atoms with Crippen molar-refractivity contribution in [2.24, 2.45) is 0 Å². The molecule has 15 heavy (non-hydrogen) atoms. The highest BCUT2D eigenvalue weighted by Gasteiger charge is 2.22. The van der Waals surface area contributed by atoms with E-state index in [1.54, 1.807) is 0 Å². The van der Waals surface area contributed by atoms with E-state index >= 15 is 0 Å². The highest BCUT2D eigenvalue weighted by molar-refractivity contribution is 8.13. The van der Waals surface area contributed by atoms with Crippen LogP contribution in [0.1, 0.15) is 0 Å². The molecule has 0 aliphatic rings. The molecule has 0 spiro atoms. The molecule has 1 rings (SSSR count). The number of nitro benzene ring substituents is 1. The van der Waals surface area contributed by atoms with Crippen LogP contribution in [0.2, 0.25) is 10.0 Å². The average Bonchev–Trinajstić information content (AvgIpc) is 2.06. The van der Waals surface area contributed by atoms with Crippen molar-refractivity contribution in [3.8, 4) is 0 Å². The Morgan fingerprint density at radius 2 is 1.80 bits per heavy atom. The summed E-state index contributed by atoms with van der Waals surface area (Å²) >= 11 is 11.0. The van der Waals surface area contributed by atoms with Gasteiger partial charge >= 0.3 is 0 Å². The third-order valence-corrected chi connectivity index (χ3v) is 3.59. The van der Waals surface area contributed by atoms with E-state index in [0.717, 1.165) is 12.1 Å². The van der Waals surface area contributed by atoms with Crippen molar-refractivity contribution >= 4 is 48.6 Å². The van der Waals surface area contributed by atoms with Crippen molar-refractivity contribution < 1.29 is 13.3 Å². The van der Waals surface area contributed by atoms with Crippen LogP contribution >= 0.6 is 33.9 Å². The summed E-state index contributed by atoms with van der Waals surface area (Å²) < 4.78 is 21.8. The van der Waals surface area contributed by atoms with Crippen molar-refractivity contribution in [2.45, 2.75) is 4.90 Å². The summed E-state index contributed by atoms with van der Waals surface area (Å²) in [5.74, 6) is 0. The Bertz CT molecular complexity index is 527. The predicted octanol–water partition coefficient (Wildman–Crippen LogP) is 2.83. The van der Waals surface area contributed by atoms with Crippen molar-refractivity contribution in [1.29, 1.82) is 0 Å². The van der Waals surface area contributed by atoms with Crippen LogP contribution in [0.25, 0.3) is 0 Å². The average molecular weight is 291 g/mol. The Morgan fingerprint density at radius 1 is 1.27 bits per heavy atom. The van der Waals surface area contributed by atoms with Crippen molar-refractivity contribution in [3.05, 3.63) is 32.3 Å². The van der Waals surface area contributed by atoms with E-state index in [4.69, 9.17) is 33.9 Å². The lowest BCUT2D eigenvalue weighted by Gasteiger charge is -2.00. The molecule has 0 amide bonds. The molecule has 0 atom stereocenters. The lowest BCUT2D eigenvalue weighted by Crippen LogP contribution is -1.95. The van der Waals surface area contributed by atoms with Crippen LogP contribution in [0, 0.1) is 10.1 Å². The van der Waals surface area contributed by atoms with Gasteiger partial charge in [-0.2, -0.15) is 0 Å². The van der Waals surface area contributed by atoms with Gasteiger partial charge in [-0.05, 0) is 6.07 Å². The Balaban J connectivity index is 3.57. The molecule has 0 N–H and O–H groups in total. The zero-order valence-corrected chi connectivity index (χ0v) is 9.86. The van der Waals surface area contributed by atoms with Crippen LogP contribution in [-0.2, 0) is 9.05 Å². The molecule has 5 nitrogen and oxygen atoms in total. The summed E-state index contributed by atoms with van der Waals surface area (Å²) in [6, 6.07) is 1.69. The molecule has 1 aromatic carbocycles. The minimum absolute atomic E-state index is 0.245. The van der Waals surface area contributed by atoms with Gasteiger partial charge in [0.15, 0.2) is 0 Å². The maximum absolute atomic E-state index is 10.9. The lowest BCUT2D eigenvalue weighted by molar-refractivity contribution is -0.384. The second-order valence-electron chi connectivity index (χ2n) is 2.43. The molecule has 82 valence electrons. The van der Waals surface area contributed by atoms with Gasteiger partial charge in [0.2, 0.25) is 0 Å². The van der Waals surface area contributed by atoms with E-state index in [1.165, 1.54) is 0 Å². The first-order valence-corrected chi connectivity index (χ1v) is 6.38. The minimum Gasteiger partial charge on any atom is -0.258 e. The van der Waals surface area contributed by atoms with Gasteiger partial charge < -0.3 is 0 Å². The van der Waals surface area contributed by atoms with Crippen LogP contribution in [0.15, 0.2) is 17.0 Å². The summed E-state index contributed by atoms with van der Waals surface area (Å²) in [7, 11) is 0.934. The summed E-state index contributed by atoms with van der Waals surface area (Å²) in [6.45, 7) is 0. The fraction of sp³-hybridized carbons (Fsp3) is 0. The number of benzene rings is 1. The SMILES string of the molecule is O=[N+]([O-])c1cc(S(=O)(=O)Cl)cc(Cl)c1Cl. The predicted molar refractivity (Wildman–Crippen MR) is 56.2 cm³/mol. The molecule has 9 heteroatoms. The second kappa shape index (κ2) is 4.13. The molecular weight excluding hydrogens is 288 g/mol. The molecule has 1 aromatic rings. The first-order chi connectivity index (χ1) is 6.73. The fourth-order valence-corrected chi connectivity index (χ4v) is 2.06. The molecule has 0 aliphatic carbocycles. The summed E-state index contributed by atoms with van der Waals surface area (Å²) in [5.41, 5.74) is -0.608. The Kier molecular flexibility index (Phi) is 3.44. The van der Waals surface area contributed by atoms with Gasteiger partial charge in [0, 0.05) is 16.7 Å². The van der Waals surface area contributed by atoms with E-state index in [2.05, 4.69) is 0 Å². The maximum Gasteiger partial charge on any atom is 0.290 e. The summed E-state index contributed by atoms with van der Waals surface area (Å²) in [6.07, 6.45) is 0. The van der Waals surface area contributed by atoms with Crippen molar-refractivity contribution in [3.63, 3.8) is 0 Å². The first-order valence-electron chi connectivity index (χ1n) is 3.31. The molecule has 0 saturated heterocycles. The summed E-state index contributed by atoms with van der Waals surface area (Å²) in [4.78, 5) is 9.16. The smallest absolute Gasteiger partial charge is 0.258 e. The number of nitro groups is 1. The van der Waals surface area contributed by atoms with Crippen LogP contribution in [-0.4, -0.2) is 13.3 Å². The molecule has 0 saturated carbocycles. The number of rotatable bonds is 2. The third kappa shape index (κ3) is 2.72. The maximum atomic E-state index is 10.9. The lowest BCUT2D eigenvalue weighted by atomic mass is 10.3. The topological polar surface area (TPSA) is 77.3 Å². The molecule has 0 aromatic heterocycles. The minimum atomic E-state index is -4.07.